The first kappa shape index (κ1) is 9.51. The van der Waals surface area contributed by atoms with E-state index in [9.17, 15) is 4.39 Å². The zero-order valence-electron chi connectivity index (χ0n) is 8.14. The summed E-state index contributed by atoms with van der Waals surface area (Å²) in [6.45, 7) is 0. The largest absolute Gasteiger partial charge is 0.436 e. The molecule has 2 rings (SSSR count). The van der Waals surface area contributed by atoms with Gasteiger partial charge in [-0.15, -0.1) is 5.10 Å². The summed E-state index contributed by atoms with van der Waals surface area (Å²) in [5.74, 6) is 0.516. The number of aryl methyl sites for hydroxylation is 1. The molecule has 5 heteroatoms. The summed E-state index contributed by atoms with van der Waals surface area (Å²) in [6.07, 6.45) is 1.64. The molecule has 0 spiro atoms. The smallest absolute Gasteiger partial charge is 0.261 e. The molecule has 1 heterocycles. The Morgan fingerprint density at radius 2 is 2.00 bits per heavy atom. The van der Waals surface area contributed by atoms with Gasteiger partial charge in [0.1, 0.15) is 17.3 Å². The molecule has 0 aliphatic heterocycles. The number of halogens is 1. The predicted octanol–water partition coefficient (Wildman–Crippen LogP) is 1.93. The zero-order chi connectivity index (χ0) is 10.8. The second kappa shape index (κ2) is 3.61. The SMILES string of the molecule is Cn1cc(N)c(Oc2ccc(F)cc2)n1. The molecule has 2 N–H and O–H groups in total. The molecule has 0 fully saturated rings. The summed E-state index contributed by atoms with van der Waals surface area (Å²) in [4.78, 5) is 0. The number of nitrogens with zero attached hydrogens (tertiary/aromatic N) is 2. The maximum atomic E-state index is 12.6. The number of nitrogen functional groups attached to an aromatic ring is 1. The topological polar surface area (TPSA) is 53.1 Å². The molecule has 2 aromatic rings. The normalized spacial score (nSPS) is 10.3. The minimum atomic E-state index is -0.309. The molecule has 4 nitrogen and oxygen atoms in total. The summed E-state index contributed by atoms with van der Waals surface area (Å²) in [6, 6.07) is 5.66. The van der Waals surface area contributed by atoms with Gasteiger partial charge in [0.2, 0.25) is 0 Å². The highest BCUT2D eigenvalue weighted by molar-refractivity contribution is 5.47. The van der Waals surface area contributed by atoms with Crippen LogP contribution < -0.4 is 10.5 Å². The lowest BCUT2D eigenvalue weighted by atomic mass is 10.3. The number of aromatic nitrogens is 2. The molecule has 0 aliphatic rings. The van der Waals surface area contributed by atoms with Crippen LogP contribution in [0.2, 0.25) is 0 Å². The summed E-state index contributed by atoms with van der Waals surface area (Å²) in [5, 5.41) is 4.00. The average molecular weight is 207 g/mol. The number of anilines is 1. The molecule has 0 amide bonds. The van der Waals surface area contributed by atoms with Crippen molar-refractivity contribution in [3.63, 3.8) is 0 Å². The van der Waals surface area contributed by atoms with Crippen LogP contribution in [0.3, 0.4) is 0 Å². The van der Waals surface area contributed by atoms with Crippen molar-refractivity contribution >= 4 is 5.69 Å². The van der Waals surface area contributed by atoms with Crippen molar-refractivity contribution in [3.05, 3.63) is 36.3 Å². The Labute approximate surface area is 86.1 Å². The lowest BCUT2D eigenvalue weighted by Gasteiger charge is -2.02. The maximum Gasteiger partial charge on any atom is 0.261 e. The van der Waals surface area contributed by atoms with Gasteiger partial charge in [-0.05, 0) is 24.3 Å². The van der Waals surface area contributed by atoms with Gasteiger partial charge in [0.15, 0.2) is 0 Å². The van der Waals surface area contributed by atoms with Crippen molar-refractivity contribution in [2.45, 2.75) is 0 Å². The lowest BCUT2D eigenvalue weighted by Crippen LogP contribution is -1.91. The highest BCUT2D eigenvalue weighted by Crippen LogP contribution is 2.24. The third-order valence-electron chi connectivity index (χ3n) is 1.85. The quantitative estimate of drug-likeness (QED) is 0.818. The second-order valence-corrected chi connectivity index (χ2v) is 3.12. The highest BCUT2D eigenvalue weighted by Gasteiger charge is 2.06. The van der Waals surface area contributed by atoms with Gasteiger partial charge >= 0.3 is 0 Å². The van der Waals surface area contributed by atoms with Gasteiger partial charge in [0.25, 0.3) is 5.88 Å². The zero-order valence-corrected chi connectivity index (χ0v) is 8.14. The number of ether oxygens (including phenoxy) is 1. The van der Waals surface area contributed by atoms with E-state index in [4.69, 9.17) is 10.5 Å². The Balaban J connectivity index is 2.21. The van der Waals surface area contributed by atoms with Gasteiger partial charge in [-0.2, -0.15) is 0 Å². The third-order valence-corrected chi connectivity index (χ3v) is 1.85. The molecule has 0 saturated carbocycles. The fourth-order valence-corrected chi connectivity index (χ4v) is 1.18. The van der Waals surface area contributed by atoms with Crippen LogP contribution in [0.25, 0.3) is 0 Å². The predicted molar refractivity (Wildman–Crippen MR) is 54.1 cm³/mol. The number of rotatable bonds is 2. The van der Waals surface area contributed by atoms with Gasteiger partial charge in [-0.3, -0.25) is 4.68 Å². The molecule has 0 saturated heterocycles. The van der Waals surface area contributed by atoms with Crippen LogP contribution in [-0.2, 0) is 7.05 Å². The van der Waals surface area contributed by atoms with E-state index in [1.54, 1.807) is 17.9 Å². The van der Waals surface area contributed by atoms with E-state index >= 15 is 0 Å². The van der Waals surface area contributed by atoms with E-state index in [1.807, 2.05) is 0 Å². The number of benzene rings is 1. The first-order valence-corrected chi connectivity index (χ1v) is 4.37. The average Bonchev–Trinajstić information content (AvgIpc) is 2.49. The summed E-state index contributed by atoms with van der Waals surface area (Å²) in [7, 11) is 1.74. The number of hydrogen-bond acceptors (Lipinski definition) is 3. The molecular formula is C10H10FN3O. The van der Waals surface area contributed by atoms with Crippen molar-refractivity contribution < 1.29 is 9.13 Å². The molecule has 15 heavy (non-hydrogen) atoms. The Morgan fingerprint density at radius 1 is 1.33 bits per heavy atom. The molecule has 0 aliphatic carbocycles. The van der Waals surface area contributed by atoms with Crippen LogP contribution in [0.15, 0.2) is 30.5 Å². The van der Waals surface area contributed by atoms with Crippen molar-refractivity contribution in [2.24, 2.45) is 7.05 Å². The first-order valence-electron chi connectivity index (χ1n) is 4.37. The highest BCUT2D eigenvalue weighted by atomic mass is 19.1. The molecular weight excluding hydrogens is 197 g/mol. The first-order chi connectivity index (χ1) is 7.15. The van der Waals surface area contributed by atoms with E-state index < -0.39 is 0 Å². The molecule has 0 unspecified atom stereocenters. The minimum Gasteiger partial charge on any atom is -0.436 e. The second-order valence-electron chi connectivity index (χ2n) is 3.12. The van der Waals surface area contributed by atoms with Crippen LogP contribution >= 0.6 is 0 Å². The van der Waals surface area contributed by atoms with Crippen molar-refractivity contribution in [2.75, 3.05) is 5.73 Å². The lowest BCUT2D eigenvalue weighted by molar-refractivity contribution is 0.454. The summed E-state index contributed by atoms with van der Waals surface area (Å²) >= 11 is 0. The standard InChI is InChI=1S/C10H10FN3O/c1-14-6-9(12)10(13-14)15-8-4-2-7(11)3-5-8/h2-6H,12H2,1H3. The molecule has 78 valence electrons. The fourth-order valence-electron chi connectivity index (χ4n) is 1.18. The van der Waals surface area contributed by atoms with Crippen LogP contribution in [0, 0.1) is 5.82 Å². The van der Waals surface area contributed by atoms with Crippen molar-refractivity contribution in [3.8, 4) is 11.6 Å². The van der Waals surface area contributed by atoms with Crippen molar-refractivity contribution in [1.82, 2.24) is 9.78 Å². The summed E-state index contributed by atoms with van der Waals surface area (Å²) < 4.78 is 19.5. The van der Waals surface area contributed by atoms with Crippen molar-refractivity contribution in [1.29, 1.82) is 0 Å². The van der Waals surface area contributed by atoms with Gasteiger partial charge in [-0.25, -0.2) is 4.39 Å². The van der Waals surface area contributed by atoms with E-state index in [0.717, 1.165) is 0 Å². The molecule has 1 aromatic carbocycles. The Kier molecular flexibility index (Phi) is 2.29. The maximum absolute atomic E-state index is 12.6. The van der Waals surface area contributed by atoms with E-state index in [-0.39, 0.29) is 5.82 Å². The van der Waals surface area contributed by atoms with Gasteiger partial charge in [0, 0.05) is 7.05 Å². The van der Waals surface area contributed by atoms with E-state index in [2.05, 4.69) is 5.10 Å². The Bertz CT molecular complexity index is 464. The third kappa shape index (κ3) is 2.07. The minimum absolute atomic E-state index is 0.309. The van der Waals surface area contributed by atoms with Gasteiger partial charge in [0.05, 0.1) is 6.20 Å². The molecule has 0 atom stereocenters. The molecule has 0 radical (unpaired) electrons. The van der Waals surface area contributed by atoms with Crippen LogP contribution in [-0.4, -0.2) is 9.78 Å². The Hall–Kier alpha value is -2.04. The molecule has 0 bridgehead atoms. The number of nitrogens with two attached hydrogens (primary N) is 1. The number of hydrogen-bond donors (Lipinski definition) is 1. The van der Waals surface area contributed by atoms with Gasteiger partial charge in [-0.1, -0.05) is 0 Å². The van der Waals surface area contributed by atoms with Gasteiger partial charge < -0.3 is 10.5 Å². The van der Waals surface area contributed by atoms with Crippen LogP contribution in [0.1, 0.15) is 0 Å². The summed E-state index contributed by atoms with van der Waals surface area (Å²) in [5.41, 5.74) is 6.08. The van der Waals surface area contributed by atoms with Crippen LogP contribution in [0.4, 0.5) is 10.1 Å². The van der Waals surface area contributed by atoms with E-state index in [1.165, 1.54) is 24.3 Å². The molecule has 1 aromatic heterocycles. The fraction of sp³-hybridized carbons (Fsp3) is 0.100. The van der Waals surface area contributed by atoms with Crippen LogP contribution in [0.5, 0.6) is 11.6 Å². The van der Waals surface area contributed by atoms with E-state index in [0.29, 0.717) is 17.3 Å². The Morgan fingerprint density at radius 3 is 2.53 bits per heavy atom. The monoisotopic (exact) mass is 207 g/mol.